The Bertz CT molecular complexity index is 1130. The quantitative estimate of drug-likeness (QED) is 0.380. The monoisotopic (exact) mass is 390 g/mol. The van der Waals surface area contributed by atoms with Gasteiger partial charge in [0.15, 0.2) is 10.9 Å². The number of rotatable bonds is 6. The Morgan fingerprint density at radius 2 is 1.79 bits per heavy atom. The first kappa shape index (κ1) is 18.5. The van der Waals surface area contributed by atoms with E-state index < -0.39 is 0 Å². The molecule has 4 aromatic rings. The van der Waals surface area contributed by atoms with E-state index in [1.165, 1.54) is 17.3 Å². The molecular formula is C22H22N4OS. The number of carbonyl (C=O) groups excluding carboxylic acids is 1. The van der Waals surface area contributed by atoms with Gasteiger partial charge in [0.25, 0.3) is 0 Å². The largest absolute Gasteiger partial charge is 0.358 e. The van der Waals surface area contributed by atoms with Gasteiger partial charge in [-0.25, -0.2) is 0 Å². The summed E-state index contributed by atoms with van der Waals surface area (Å²) in [7, 11) is 0. The molecule has 142 valence electrons. The summed E-state index contributed by atoms with van der Waals surface area (Å²) in [5.41, 5.74) is 3.84. The Balaban J connectivity index is 1.59. The van der Waals surface area contributed by atoms with Crippen molar-refractivity contribution in [3.63, 3.8) is 0 Å². The van der Waals surface area contributed by atoms with Crippen molar-refractivity contribution in [2.24, 2.45) is 0 Å². The van der Waals surface area contributed by atoms with Gasteiger partial charge in [-0.1, -0.05) is 60.3 Å². The molecule has 0 amide bonds. The van der Waals surface area contributed by atoms with Crippen molar-refractivity contribution >= 4 is 28.4 Å². The first-order valence-electron chi connectivity index (χ1n) is 9.26. The first-order chi connectivity index (χ1) is 13.5. The molecular weight excluding hydrogens is 368 g/mol. The minimum absolute atomic E-state index is 0.104. The van der Waals surface area contributed by atoms with E-state index >= 15 is 0 Å². The van der Waals surface area contributed by atoms with Gasteiger partial charge in [0.2, 0.25) is 0 Å². The van der Waals surface area contributed by atoms with Crippen LogP contribution in [0, 0.1) is 13.8 Å². The van der Waals surface area contributed by atoms with E-state index in [1.807, 2.05) is 63.2 Å². The highest BCUT2D eigenvalue weighted by molar-refractivity contribution is 8.00. The third-order valence-corrected chi connectivity index (χ3v) is 5.96. The Morgan fingerprint density at radius 3 is 2.57 bits per heavy atom. The Labute approximate surface area is 168 Å². The topological polar surface area (TPSA) is 63.6 Å². The average molecular weight is 391 g/mol. The Kier molecular flexibility index (Phi) is 5.05. The molecule has 0 radical (unpaired) electrons. The number of aromatic amines is 1. The summed E-state index contributed by atoms with van der Waals surface area (Å²) in [6.07, 6.45) is 0. The number of hydrogen-bond donors (Lipinski definition) is 1. The molecule has 2 heterocycles. The molecule has 5 nitrogen and oxygen atoms in total. The molecule has 0 unspecified atom stereocenters. The van der Waals surface area contributed by atoms with Crippen LogP contribution in [0.15, 0.2) is 59.8 Å². The van der Waals surface area contributed by atoms with E-state index in [1.54, 1.807) is 0 Å². The zero-order valence-corrected chi connectivity index (χ0v) is 17.0. The number of benzene rings is 2. The fourth-order valence-electron chi connectivity index (χ4n) is 3.41. The minimum atomic E-state index is -0.268. The molecule has 0 aliphatic carbocycles. The van der Waals surface area contributed by atoms with Crippen molar-refractivity contribution in [1.29, 1.82) is 0 Å². The third-order valence-electron chi connectivity index (χ3n) is 4.88. The average Bonchev–Trinajstić information content (AvgIpc) is 3.21. The van der Waals surface area contributed by atoms with E-state index in [0.717, 1.165) is 33.1 Å². The molecule has 0 spiro atoms. The summed E-state index contributed by atoms with van der Waals surface area (Å²) in [4.78, 5) is 16.5. The number of H-pyrrole nitrogens is 1. The van der Waals surface area contributed by atoms with Crippen molar-refractivity contribution in [3.8, 4) is 0 Å². The predicted octanol–water partition coefficient (Wildman–Crippen LogP) is 4.79. The van der Waals surface area contributed by atoms with Crippen molar-refractivity contribution in [2.75, 3.05) is 0 Å². The van der Waals surface area contributed by atoms with Gasteiger partial charge in [-0.2, -0.15) is 0 Å². The zero-order chi connectivity index (χ0) is 19.7. The van der Waals surface area contributed by atoms with Crippen LogP contribution in [-0.2, 0) is 6.54 Å². The first-order valence-corrected chi connectivity index (χ1v) is 10.1. The van der Waals surface area contributed by atoms with Crippen molar-refractivity contribution in [1.82, 2.24) is 19.7 Å². The lowest BCUT2D eigenvalue weighted by molar-refractivity contribution is 0.0995. The van der Waals surface area contributed by atoms with Gasteiger partial charge in [-0.15, -0.1) is 10.2 Å². The van der Waals surface area contributed by atoms with Crippen molar-refractivity contribution < 1.29 is 4.79 Å². The Hall–Kier alpha value is -2.86. The fourth-order valence-corrected chi connectivity index (χ4v) is 4.36. The molecule has 0 aliphatic heterocycles. The number of ketones is 1. The maximum absolute atomic E-state index is 13.2. The molecule has 2 aromatic carbocycles. The van der Waals surface area contributed by atoms with Crippen molar-refractivity contribution in [2.45, 2.75) is 37.7 Å². The van der Waals surface area contributed by atoms with Crippen LogP contribution in [0.1, 0.15) is 34.4 Å². The van der Waals surface area contributed by atoms with E-state index in [-0.39, 0.29) is 11.0 Å². The second-order valence-electron chi connectivity index (χ2n) is 6.90. The van der Waals surface area contributed by atoms with E-state index in [9.17, 15) is 4.79 Å². The van der Waals surface area contributed by atoms with Crippen LogP contribution >= 0.6 is 11.8 Å². The summed E-state index contributed by atoms with van der Waals surface area (Å²) in [6, 6.07) is 18.1. The van der Waals surface area contributed by atoms with Gasteiger partial charge < -0.3 is 9.55 Å². The van der Waals surface area contributed by atoms with Crippen molar-refractivity contribution in [3.05, 3.63) is 77.2 Å². The standard InChI is InChI=1S/C22H22N4OS/c1-14-20(18-11-7-8-12-19(18)23-14)21(27)15(2)28-22-25-24-16(3)26(22)13-17-9-5-4-6-10-17/h4-12,15,23H,13H2,1-3H3/t15-/m0/s1. The molecule has 4 rings (SSSR count). The van der Waals surface area contributed by atoms with Crippen LogP contribution in [0.5, 0.6) is 0 Å². The highest BCUT2D eigenvalue weighted by atomic mass is 32.2. The van der Waals surface area contributed by atoms with E-state index in [4.69, 9.17) is 0 Å². The lowest BCUT2D eigenvalue weighted by atomic mass is 10.1. The maximum atomic E-state index is 13.2. The molecule has 6 heteroatoms. The smallest absolute Gasteiger partial charge is 0.192 e. The van der Waals surface area contributed by atoms with Gasteiger partial charge in [0.05, 0.1) is 11.8 Å². The lowest BCUT2D eigenvalue weighted by Crippen LogP contribution is -2.16. The highest BCUT2D eigenvalue weighted by Crippen LogP contribution is 2.29. The second kappa shape index (κ2) is 7.64. The zero-order valence-electron chi connectivity index (χ0n) is 16.1. The molecule has 0 saturated heterocycles. The van der Waals surface area contributed by atoms with Gasteiger partial charge in [0.1, 0.15) is 5.82 Å². The molecule has 0 saturated carbocycles. The molecule has 2 aromatic heterocycles. The molecule has 0 fully saturated rings. The summed E-state index contributed by atoms with van der Waals surface area (Å²) in [5, 5.41) is 10.0. The van der Waals surface area contributed by atoms with Crippen LogP contribution in [0.25, 0.3) is 10.9 Å². The molecule has 0 bridgehead atoms. The number of para-hydroxylation sites is 1. The third kappa shape index (κ3) is 3.47. The van der Waals surface area contributed by atoms with E-state index in [0.29, 0.717) is 6.54 Å². The van der Waals surface area contributed by atoms with Crippen LogP contribution < -0.4 is 0 Å². The number of thioether (sulfide) groups is 1. The van der Waals surface area contributed by atoms with Gasteiger partial charge >= 0.3 is 0 Å². The summed E-state index contributed by atoms with van der Waals surface area (Å²) in [6.45, 7) is 6.52. The minimum Gasteiger partial charge on any atom is -0.358 e. The highest BCUT2D eigenvalue weighted by Gasteiger charge is 2.24. The summed E-state index contributed by atoms with van der Waals surface area (Å²) < 4.78 is 2.06. The Morgan fingerprint density at radius 1 is 1.07 bits per heavy atom. The van der Waals surface area contributed by atoms with Crippen LogP contribution in [0.2, 0.25) is 0 Å². The summed E-state index contributed by atoms with van der Waals surface area (Å²) in [5.74, 6) is 0.946. The van der Waals surface area contributed by atoms with Gasteiger partial charge in [0, 0.05) is 22.2 Å². The van der Waals surface area contributed by atoms with E-state index in [2.05, 4.69) is 31.9 Å². The molecule has 28 heavy (non-hydrogen) atoms. The number of Topliss-reactive ketones (excluding diaryl/α,β-unsaturated/α-hetero) is 1. The number of aryl methyl sites for hydroxylation is 2. The number of carbonyl (C=O) groups is 1. The molecule has 1 atom stereocenters. The van der Waals surface area contributed by atoms with Gasteiger partial charge in [-0.05, 0) is 32.4 Å². The number of nitrogens with one attached hydrogen (secondary N) is 1. The SMILES string of the molecule is Cc1[nH]c2ccccc2c1C(=O)[C@H](C)Sc1nnc(C)n1Cc1ccccc1. The number of aromatic nitrogens is 4. The van der Waals surface area contributed by atoms with Crippen LogP contribution in [0.3, 0.4) is 0 Å². The van der Waals surface area contributed by atoms with Crippen LogP contribution in [-0.4, -0.2) is 30.8 Å². The second-order valence-corrected chi connectivity index (χ2v) is 8.20. The molecule has 1 N–H and O–H groups in total. The van der Waals surface area contributed by atoms with Crippen LogP contribution in [0.4, 0.5) is 0 Å². The number of hydrogen-bond acceptors (Lipinski definition) is 4. The number of nitrogens with zero attached hydrogens (tertiary/aromatic N) is 3. The fraction of sp³-hybridized carbons (Fsp3) is 0.227. The maximum Gasteiger partial charge on any atom is 0.192 e. The molecule has 0 aliphatic rings. The normalized spacial score (nSPS) is 12.4. The lowest BCUT2D eigenvalue weighted by Gasteiger charge is -2.12. The van der Waals surface area contributed by atoms with Gasteiger partial charge in [-0.3, -0.25) is 4.79 Å². The predicted molar refractivity (Wildman–Crippen MR) is 113 cm³/mol. The number of fused-ring (bicyclic) bond motifs is 1. The summed E-state index contributed by atoms with van der Waals surface area (Å²) >= 11 is 1.46.